The van der Waals surface area contributed by atoms with Crippen LogP contribution in [0.15, 0.2) is 66.2 Å². The van der Waals surface area contributed by atoms with Crippen LogP contribution in [-0.2, 0) is 9.59 Å². The van der Waals surface area contributed by atoms with Gasteiger partial charge in [-0.3, -0.25) is 9.59 Å². The molecule has 2 aromatic rings. The summed E-state index contributed by atoms with van der Waals surface area (Å²) in [7, 11) is 0. The highest BCUT2D eigenvalue weighted by Crippen LogP contribution is 2.09. The van der Waals surface area contributed by atoms with Crippen molar-refractivity contribution in [3.8, 4) is 0 Å². The van der Waals surface area contributed by atoms with Crippen LogP contribution in [0.2, 0.25) is 0 Å². The topological polar surface area (TPSA) is 46.2 Å². The molecule has 19 heavy (non-hydrogen) atoms. The van der Waals surface area contributed by atoms with E-state index in [0.29, 0.717) is 5.69 Å². The van der Waals surface area contributed by atoms with Crippen molar-refractivity contribution in [3.05, 3.63) is 71.8 Å². The quantitative estimate of drug-likeness (QED) is 0.515. The molecular formula is C16H12NO2. The second-order valence-corrected chi connectivity index (χ2v) is 3.89. The Kier molecular flexibility index (Phi) is 4.24. The summed E-state index contributed by atoms with van der Waals surface area (Å²) < 4.78 is 0. The summed E-state index contributed by atoms with van der Waals surface area (Å²) in [5.41, 5.74) is 1.39. The molecule has 0 saturated heterocycles. The zero-order chi connectivity index (χ0) is 13.5. The normalized spacial score (nSPS) is 10.8. The number of carbonyl (C=O) groups is 1. The second kappa shape index (κ2) is 6.31. The lowest BCUT2D eigenvalue weighted by atomic mass is 10.1. The Morgan fingerprint density at radius 2 is 1.53 bits per heavy atom. The number of hydrogen-bond acceptors (Lipinski definition) is 2. The van der Waals surface area contributed by atoms with Gasteiger partial charge in [0.1, 0.15) is 0 Å². The minimum Gasteiger partial charge on any atom is -0.322 e. The van der Waals surface area contributed by atoms with Crippen molar-refractivity contribution in [2.24, 2.45) is 0 Å². The van der Waals surface area contributed by atoms with Gasteiger partial charge in [-0.2, -0.15) is 0 Å². The van der Waals surface area contributed by atoms with Crippen molar-refractivity contribution >= 4 is 24.0 Å². The molecule has 1 amide bonds. The Hall–Kier alpha value is -2.68. The zero-order valence-corrected chi connectivity index (χ0v) is 10.2. The van der Waals surface area contributed by atoms with Crippen LogP contribution in [0.3, 0.4) is 0 Å². The van der Waals surface area contributed by atoms with Crippen LogP contribution in [0, 0.1) is 0 Å². The standard InChI is InChI=1S/C16H12NO2/c18-12-14(11-13-7-3-1-4-8-13)16(19)17-15-9-5-2-6-10-15/h1-11H,(H,17,19). The monoisotopic (exact) mass is 250 g/mol. The van der Waals surface area contributed by atoms with Crippen molar-refractivity contribution in [1.82, 2.24) is 0 Å². The zero-order valence-electron chi connectivity index (χ0n) is 10.2. The predicted molar refractivity (Wildman–Crippen MR) is 75.2 cm³/mol. The first-order valence-electron chi connectivity index (χ1n) is 5.81. The molecule has 0 fully saturated rings. The molecule has 0 atom stereocenters. The van der Waals surface area contributed by atoms with Crippen molar-refractivity contribution in [1.29, 1.82) is 0 Å². The highest BCUT2D eigenvalue weighted by atomic mass is 16.2. The van der Waals surface area contributed by atoms with E-state index in [1.54, 1.807) is 30.6 Å². The van der Waals surface area contributed by atoms with E-state index in [0.717, 1.165) is 5.56 Å². The third-order valence-corrected chi connectivity index (χ3v) is 2.50. The molecule has 0 aliphatic carbocycles. The highest BCUT2D eigenvalue weighted by Gasteiger charge is 2.09. The van der Waals surface area contributed by atoms with E-state index in [-0.39, 0.29) is 5.57 Å². The summed E-state index contributed by atoms with van der Waals surface area (Å²) in [5.74, 6) is -0.468. The molecule has 0 unspecified atom stereocenters. The minimum atomic E-state index is -0.468. The van der Waals surface area contributed by atoms with Gasteiger partial charge in [0.2, 0.25) is 6.29 Å². The largest absolute Gasteiger partial charge is 0.322 e. The van der Waals surface area contributed by atoms with Gasteiger partial charge in [0.05, 0.1) is 5.57 Å². The summed E-state index contributed by atoms with van der Waals surface area (Å²) in [5, 5.41) is 2.64. The molecule has 0 saturated carbocycles. The molecule has 0 spiro atoms. The Morgan fingerprint density at radius 1 is 0.947 bits per heavy atom. The van der Waals surface area contributed by atoms with E-state index in [9.17, 15) is 9.59 Å². The molecular weight excluding hydrogens is 238 g/mol. The first kappa shape index (κ1) is 12.8. The summed E-state index contributed by atoms with van der Waals surface area (Å²) >= 11 is 0. The Bertz CT molecular complexity index is 589. The van der Waals surface area contributed by atoms with Crippen LogP contribution in [-0.4, -0.2) is 12.2 Å². The molecule has 1 N–H and O–H groups in total. The third-order valence-electron chi connectivity index (χ3n) is 2.50. The van der Waals surface area contributed by atoms with E-state index in [1.807, 2.05) is 36.4 Å². The molecule has 1 radical (unpaired) electrons. The maximum Gasteiger partial charge on any atom is 0.259 e. The molecule has 0 bridgehead atoms. The number of anilines is 1. The van der Waals surface area contributed by atoms with Gasteiger partial charge in [0.15, 0.2) is 0 Å². The summed E-state index contributed by atoms with van der Waals surface area (Å²) in [6.45, 7) is 0. The summed E-state index contributed by atoms with van der Waals surface area (Å²) in [6, 6.07) is 18.1. The van der Waals surface area contributed by atoms with Crippen LogP contribution < -0.4 is 5.32 Å². The molecule has 93 valence electrons. The van der Waals surface area contributed by atoms with Crippen molar-refractivity contribution in [2.75, 3.05) is 5.32 Å². The Balaban J connectivity index is 2.16. The lowest BCUT2D eigenvalue weighted by Gasteiger charge is -2.03. The molecule has 0 aromatic heterocycles. The van der Waals surface area contributed by atoms with Crippen molar-refractivity contribution in [2.45, 2.75) is 0 Å². The summed E-state index contributed by atoms with van der Waals surface area (Å²) in [4.78, 5) is 22.8. The Morgan fingerprint density at radius 3 is 2.11 bits per heavy atom. The molecule has 0 heterocycles. The van der Waals surface area contributed by atoms with Gasteiger partial charge < -0.3 is 5.32 Å². The van der Waals surface area contributed by atoms with Gasteiger partial charge in [-0.1, -0.05) is 48.5 Å². The van der Waals surface area contributed by atoms with Crippen LogP contribution in [0.25, 0.3) is 6.08 Å². The van der Waals surface area contributed by atoms with E-state index < -0.39 is 5.91 Å². The van der Waals surface area contributed by atoms with Crippen LogP contribution >= 0.6 is 0 Å². The van der Waals surface area contributed by atoms with Gasteiger partial charge in [0, 0.05) is 5.69 Å². The third kappa shape index (κ3) is 3.64. The fourth-order valence-electron chi connectivity index (χ4n) is 1.58. The number of nitrogens with one attached hydrogen (secondary N) is 1. The molecule has 3 heteroatoms. The smallest absolute Gasteiger partial charge is 0.259 e. The first-order valence-corrected chi connectivity index (χ1v) is 5.81. The average molecular weight is 250 g/mol. The molecule has 3 nitrogen and oxygen atoms in total. The number of rotatable bonds is 4. The lowest BCUT2D eigenvalue weighted by molar-refractivity contribution is -0.112. The van der Waals surface area contributed by atoms with Gasteiger partial charge >= 0.3 is 0 Å². The van der Waals surface area contributed by atoms with Crippen molar-refractivity contribution < 1.29 is 9.59 Å². The molecule has 0 aliphatic heterocycles. The van der Waals surface area contributed by atoms with E-state index >= 15 is 0 Å². The highest BCUT2D eigenvalue weighted by molar-refractivity contribution is 6.19. The Labute approximate surface area is 111 Å². The van der Waals surface area contributed by atoms with E-state index in [1.165, 1.54) is 6.08 Å². The predicted octanol–water partition coefficient (Wildman–Crippen LogP) is 2.82. The molecule has 0 aliphatic rings. The lowest BCUT2D eigenvalue weighted by Crippen LogP contribution is -2.15. The van der Waals surface area contributed by atoms with Gasteiger partial charge in [-0.25, -0.2) is 0 Å². The number of amides is 1. The molecule has 2 rings (SSSR count). The number of para-hydroxylation sites is 1. The van der Waals surface area contributed by atoms with Crippen LogP contribution in [0.5, 0.6) is 0 Å². The van der Waals surface area contributed by atoms with Crippen molar-refractivity contribution in [3.63, 3.8) is 0 Å². The maximum atomic E-state index is 11.9. The van der Waals surface area contributed by atoms with E-state index in [2.05, 4.69) is 5.32 Å². The maximum absolute atomic E-state index is 11.9. The van der Waals surface area contributed by atoms with Gasteiger partial charge in [-0.05, 0) is 23.8 Å². The average Bonchev–Trinajstić information content (AvgIpc) is 2.47. The van der Waals surface area contributed by atoms with Crippen LogP contribution in [0.4, 0.5) is 5.69 Å². The number of hydrogen-bond donors (Lipinski definition) is 1. The molecule has 2 aromatic carbocycles. The van der Waals surface area contributed by atoms with Crippen LogP contribution in [0.1, 0.15) is 5.56 Å². The summed E-state index contributed by atoms with van der Waals surface area (Å²) in [6.07, 6.45) is 3.17. The van der Waals surface area contributed by atoms with Gasteiger partial charge in [-0.15, -0.1) is 0 Å². The number of carbonyl (C=O) groups excluding carboxylic acids is 2. The SMILES string of the molecule is O=[C]C(=Cc1ccccc1)C(=O)Nc1ccccc1. The second-order valence-electron chi connectivity index (χ2n) is 3.89. The first-order chi connectivity index (χ1) is 9.29. The minimum absolute atomic E-state index is 0.0324. The fourth-order valence-corrected chi connectivity index (χ4v) is 1.58. The van der Waals surface area contributed by atoms with Gasteiger partial charge in [0.25, 0.3) is 5.91 Å². The number of benzene rings is 2. The fraction of sp³-hybridized carbons (Fsp3) is 0. The van der Waals surface area contributed by atoms with E-state index in [4.69, 9.17) is 0 Å².